The van der Waals surface area contributed by atoms with E-state index in [1.54, 1.807) is 6.20 Å². The molecule has 1 aromatic carbocycles. The number of anilines is 2. The van der Waals surface area contributed by atoms with Gasteiger partial charge in [0.1, 0.15) is 11.5 Å². The van der Waals surface area contributed by atoms with Crippen molar-refractivity contribution in [2.75, 3.05) is 5.32 Å². The molecule has 0 radical (unpaired) electrons. The largest absolute Gasteiger partial charge is 0.345 e. The van der Waals surface area contributed by atoms with Gasteiger partial charge in [-0.1, -0.05) is 18.2 Å². The molecule has 0 spiro atoms. The Labute approximate surface area is 140 Å². The van der Waals surface area contributed by atoms with E-state index in [0.29, 0.717) is 12.4 Å². The molecule has 1 amide bonds. The summed E-state index contributed by atoms with van der Waals surface area (Å²) in [4.78, 5) is 24.6. The van der Waals surface area contributed by atoms with Gasteiger partial charge in [0.15, 0.2) is 0 Å². The van der Waals surface area contributed by atoms with E-state index < -0.39 is 0 Å². The third-order valence-corrected chi connectivity index (χ3v) is 3.33. The summed E-state index contributed by atoms with van der Waals surface area (Å²) in [6.45, 7) is 2.37. The SMILES string of the molecule is Cc1cccc(Nc2cnc(C(=O)NCc3ccccn3)cn2)c1. The first kappa shape index (κ1) is 15.6. The molecule has 3 aromatic rings. The fraction of sp³-hybridized carbons (Fsp3) is 0.111. The van der Waals surface area contributed by atoms with Crippen LogP contribution in [-0.2, 0) is 6.54 Å². The van der Waals surface area contributed by atoms with Gasteiger partial charge in [-0.2, -0.15) is 0 Å². The minimum Gasteiger partial charge on any atom is -0.345 e. The van der Waals surface area contributed by atoms with Crippen LogP contribution in [0.1, 0.15) is 21.7 Å². The van der Waals surface area contributed by atoms with Gasteiger partial charge in [0.2, 0.25) is 0 Å². The van der Waals surface area contributed by atoms with Gasteiger partial charge in [0, 0.05) is 11.9 Å². The average molecular weight is 319 g/mol. The zero-order valence-electron chi connectivity index (χ0n) is 13.2. The van der Waals surface area contributed by atoms with E-state index in [1.807, 2.05) is 49.4 Å². The summed E-state index contributed by atoms with van der Waals surface area (Å²) in [5.74, 6) is 0.303. The van der Waals surface area contributed by atoms with Crippen LogP contribution in [0, 0.1) is 6.92 Å². The molecule has 0 aliphatic heterocycles. The molecule has 0 saturated heterocycles. The van der Waals surface area contributed by atoms with Crippen LogP contribution in [0.2, 0.25) is 0 Å². The highest BCUT2D eigenvalue weighted by atomic mass is 16.1. The summed E-state index contributed by atoms with van der Waals surface area (Å²) in [5.41, 5.74) is 3.13. The van der Waals surface area contributed by atoms with E-state index in [9.17, 15) is 4.79 Å². The Bertz CT molecular complexity index is 818. The minimum absolute atomic E-state index is 0.265. The molecule has 2 heterocycles. The van der Waals surface area contributed by atoms with Crippen molar-refractivity contribution >= 4 is 17.4 Å². The highest BCUT2D eigenvalue weighted by molar-refractivity contribution is 5.91. The number of pyridine rings is 1. The Hall–Kier alpha value is -3.28. The predicted octanol–water partition coefficient (Wildman–Crippen LogP) is 2.85. The van der Waals surface area contributed by atoms with Crippen LogP contribution < -0.4 is 10.6 Å². The third-order valence-electron chi connectivity index (χ3n) is 3.33. The van der Waals surface area contributed by atoms with Crippen molar-refractivity contribution < 1.29 is 4.79 Å². The summed E-state index contributed by atoms with van der Waals surface area (Å²) >= 11 is 0. The van der Waals surface area contributed by atoms with Gasteiger partial charge < -0.3 is 10.6 Å². The quantitative estimate of drug-likeness (QED) is 0.756. The lowest BCUT2D eigenvalue weighted by Crippen LogP contribution is -2.24. The molecule has 0 bridgehead atoms. The summed E-state index contributed by atoms with van der Waals surface area (Å²) in [7, 11) is 0. The molecule has 24 heavy (non-hydrogen) atoms. The second-order valence-corrected chi connectivity index (χ2v) is 5.29. The molecule has 6 heteroatoms. The number of aryl methyl sites for hydroxylation is 1. The average Bonchev–Trinajstić information content (AvgIpc) is 2.61. The molecular formula is C18H17N5O. The van der Waals surface area contributed by atoms with Gasteiger partial charge in [-0.25, -0.2) is 9.97 Å². The van der Waals surface area contributed by atoms with E-state index in [0.717, 1.165) is 16.9 Å². The summed E-state index contributed by atoms with van der Waals surface area (Å²) in [6.07, 6.45) is 4.68. The van der Waals surface area contributed by atoms with Crippen LogP contribution in [0.15, 0.2) is 61.1 Å². The number of nitrogens with zero attached hydrogens (tertiary/aromatic N) is 3. The Kier molecular flexibility index (Phi) is 4.76. The standard InChI is InChI=1S/C18H17N5O/c1-13-5-4-7-14(9-13)23-17-12-20-16(11-21-17)18(24)22-10-15-6-2-3-8-19-15/h2-9,11-12H,10H2,1H3,(H,21,23)(H,22,24). The molecule has 0 atom stereocenters. The van der Waals surface area contributed by atoms with Crippen molar-refractivity contribution in [3.63, 3.8) is 0 Å². The first-order chi connectivity index (χ1) is 11.7. The number of nitrogens with one attached hydrogen (secondary N) is 2. The van der Waals surface area contributed by atoms with Gasteiger partial charge in [0.25, 0.3) is 5.91 Å². The van der Waals surface area contributed by atoms with Crippen molar-refractivity contribution in [1.29, 1.82) is 0 Å². The lowest BCUT2D eigenvalue weighted by Gasteiger charge is -2.07. The maximum atomic E-state index is 12.1. The first-order valence-corrected chi connectivity index (χ1v) is 7.54. The van der Waals surface area contributed by atoms with Gasteiger partial charge in [-0.15, -0.1) is 0 Å². The number of carbonyl (C=O) groups is 1. The van der Waals surface area contributed by atoms with E-state index >= 15 is 0 Å². The normalized spacial score (nSPS) is 10.2. The van der Waals surface area contributed by atoms with Gasteiger partial charge in [-0.05, 0) is 36.8 Å². The Morgan fingerprint density at radius 3 is 2.67 bits per heavy atom. The molecule has 0 unspecified atom stereocenters. The maximum Gasteiger partial charge on any atom is 0.271 e. The van der Waals surface area contributed by atoms with Crippen molar-refractivity contribution in [2.24, 2.45) is 0 Å². The molecule has 3 rings (SSSR count). The molecule has 120 valence electrons. The third kappa shape index (κ3) is 4.13. The Morgan fingerprint density at radius 2 is 1.96 bits per heavy atom. The van der Waals surface area contributed by atoms with Crippen LogP contribution in [0.25, 0.3) is 0 Å². The molecule has 6 nitrogen and oxygen atoms in total. The lowest BCUT2D eigenvalue weighted by molar-refractivity contribution is 0.0945. The molecular weight excluding hydrogens is 302 g/mol. The van der Waals surface area contributed by atoms with Crippen molar-refractivity contribution in [1.82, 2.24) is 20.3 Å². The van der Waals surface area contributed by atoms with Crippen LogP contribution in [0.4, 0.5) is 11.5 Å². The smallest absolute Gasteiger partial charge is 0.271 e. The molecule has 2 aromatic heterocycles. The van der Waals surface area contributed by atoms with Gasteiger partial charge in [0.05, 0.1) is 24.6 Å². The zero-order chi connectivity index (χ0) is 16.8. The van der Waals surface area contributed by atoms with E-state index in [4.69, 9.17) is 0 Å². The number of aromatic nitrogens is 3. The maximum absolute atomic E-state index is 12.1. The number of hydrogen-bond donors (Lipinski definition) is 2. The van der Waals surface area contributed by atoms with E-state index in [1.165, 1.54) is 12.4 Å². The number of benzene rings is 1. The number of amides is 1. The molecule has 0 aliphatic rings. The summed E-state index contributed by atoms with van der Waals surface area (Å²) in [6, 6.07) is 13.5. The molecule has 2 N–H and O–H groups in total. The second kappa shape index (κ2) is 7.32. The molecule has 0 fully saturated rings. The highest BCUT2D eigenvalue weighted by Gasteiger charge is 2.08. The van der Waals surface area contributed by atoms with E-state index in [-0.39, 0.29) is 11.6 Å². The van der Waals surface area contributed by atoms with Crippen LogP contribution >= 0.6 is 0 Å². The van der Waals surface area contributed by atoms with Gasteiger partial charge >= 0.3 is 0 Å². The zero-order valence-corrected chi connectivity index (χ0v) is 13.2. The van der Waals surface area contributed by atoms with E-state index in [2.05, 4.69) is 25.6 Å². The fourth-order valence-electron chi connectivity index (χ4n) is 2.14. The first-order valence-electron chi connectivity index (χ1n) is 7.54. The number of rotatable bonds is 5. The van der Waals surface area contributed by atoms with Crippen molar-refractivity contribution in [3.05, 3.63) is 78.0 Å². The molecule has 0 saturated carbocycles. The Morgan fingerprint density at radius 1 is 1.04 bits per heavy atom. The van der Waals surface area contributed by atoms with Crippen LogP contribution in [-0.4, -0.2) is 20.9 Å². The predicted molar refractivity (Wildman–Crippen MR) is 91.9 cm³/mol. The van der Waals surface area contributed by atoms with Gasteiger partial charge in [-0.3, -0.25) is 9.78 Å². The van der Waals surface area contributed by atoms with Crippen LogP contribution in [0.5, 0.6) is 0 Å². The molecule has 0 aliphatic carbocycles. The summed E-state index contributed by atoms with van der Waals surface area (Å²) < 4.78 is 0. The fourth-order valence-corrected chi connectivity index (χ4v) is 2.14. The topological polar surface area (TPSA) is 79.8 Å². The summed E-state index contributed by atoms with van der Waals surface area (Å²) in [5, 5.41) is 5.92. The number of carbonyl (C=O) groups excluding carboxylic acids is 1. The van der Waals surface area contributed by atoms with Crippen molar-refractivity contribution in [3.8, 4) is 0 Å². The number of hydrogen-bond acceptors (Lipinski definition) is 5. The Balaban J connectivity index is 1.60. The van der Waals surface area contributed by atoms with Crippen molar-refractivity contribution in [2.45, 2.75) is 13.5 Å². The second-order valence-electron chi connectivity index (χ2n) is 5.29. The monoisotopic (exact) mass is 319 g/mol. The minimum atomic E-state index is -0.282. The lowest BCUT2D eigenvalue weighted by atomic mass is 10.2. The van der Waals surface area contributed by atoms with Crippen LogP contribution in [0.3, 0.4) is 0 Å². The highest BCUT2D eigenvalue weighted by Crippen LogP contribution is 2.14.